The summed E-state index contributed by atoms with van der Waals surface area (Å²) in [5, 5.41) is 0. The van der Waals surface area contributed by atoms with E-state index >= 15 is 0 Å². The zero-order valence-electron chi connectivity index (χ0n) is 8.83. The van der Waals surface area contributed by atoms with E-state index in [-0.39, 0.29) is 12.4 Å². The second-order valence-electron chi connectivity index (χ2n) is 3.74. The fourth-order valence-electron chi connectivity index (χ4n) is 1.96. The van der Waals surface area contributed by atoms with Crippen LogP contribution in [0.25, 0.3) is 0 Å². The molecule has 0 bridgehead atoms. The van der Waals surface area contributed by atoms with Gasteiger partial charge in [-0.1, -0.05) is 18.7 Å². The monoisotopic (exact) mass is 208 g/mol. The summed E-state index contributed by atoms with van der Waals surface area (Å²) in [4.78, 5) is 23.5. The number of ketones is 1. The van der Waals surface area contributed by atoms with Gasteiger partial charge in [0.25, 0.3) is 0 Å². The molecule has 82 valence electrons. The van der Waals surface area contributed by atoms with Gasteiger partial charge in [0, 0.05) is 6.42 Å². The van der Waals surface area contributed by atoms with Crippen molar-refractivity contribution in [3.05, 3.63) is 25.3 Å². The highest BCUT2D eigenvalue weighted by Crippen LogP contribution is 2.39. The molecule has 1 rings (SSSR count). The van der Waals surface area contributed by atoms with Gasteiger partial charge in [-0.15, -0.1) is 6.58 Å². The highest BCUT2D eigenvalue weighted by Gasteiger charge is 2.48. The Hall–Kier alpha value is -1.38. The van der Waals surface area contributed by atoms with Crippen LogP contribution in [0.3, 0.4) is 0 Å². The summed E-state index contributed by atoms with van der Waals surface area (Å²) < 4.78 is 4.98. The van der Waals surface area contributed by atoms with E-state index in [4.69, 9.17) is 4.74 Å². The third kappa shape index (κ3) is 2.17. The molecule has 3 nitrogen and oxygen atoms in total. The molecule has 1 saturated carbocycles. The lowest BCUT2D eigenvalue weighted by molar-refractivity contribution is -0.157. The predicted molar refractivity (Wildman–Crippen MR) is 57.3 cm³/mol. The van der Waals surface area contributed by atoms with Crippen molar-refractivity contribution in [1.29, 1.82) is 0 Å². The number of ether oxygens (including phenoxy) is 1. The lowest BCUT2D eigenvalue weighted by Gasteiger charge is -2.23. The van der Waals surface area contributed by atoms with Crippen molar-refractivity contribution in [1.82, 2.24) is 0 Å². The summed E-state index contributed by atoms with van der Waals surface area (Å²) in [5.74, 6) is -0.443. The second-order valence-corrected chi connectivity index (χ2v) is 3.74. The molecule has 0 aromatic carbocycles. The van der Waals surface area contributed by atoms with Crippen LogP contribution in [-0.4, -0.2) is 18.4 Å². The van der Waals surface area contributed by atoms with Gasteiger partial charge in [0.05, 0.1) is 0 Å². The molecule has 0 unspecified atom stereocenters. The molecule has 1 aliphatic rings. The Morgan fingerprint density at radius 3 is 2.67 bits per heavy atom. The first-order valence-electron chi connectivity index (χ1n) is 5.09. The molecule has 0 spiro atoms. The number of Topliss-reactive ketones (excluding diaryl/α,β-unsaturated/α-hetero) is 1. The third-order valence-electron chi connectivity index (χ3n) is 2.76. The Labute approximate surface area is 89.8 Å². The van der Waals surface area contributed by atoms with E-state index in [9.17, 15) is 9.59 Å². The van der Waals surface area contributed by atoms with Crippen molar-refractivity contribution < 1.29 is 14.3 Å². The third-order valence-corrected chi connectivity index (χ3v) is 2.76. The summed E-state index contributed by atoms with van der Waals surface area (Å²) >= 11 is 0. The average Bonchev–Trinajstić information content (AvgIpc) is 2.58. The molecule has 0 saturated heterocycles. The molecule has 15 heavy (non-hydrogen) atoms. The molecule has 0 radical (unpaired) electrons. The van der Waals surface area contributed by atoms with Crippen LogP contribution in [0.5, 0.6) is 0 Å². The number of rotatable bonds is 5. The molecule has 0 aromatic heterocycles. The number of hydrogen-bond acceptors (Lipinski definition) is 3. The van der Waals surface area contributed by atoms with Crippen molar-refractivity contribution in [3.63, 3.8) is 0 Å². The van der Waals surface area contributed by atoms with E-state index < -0.39 is 11.4 Å². The fourth-order valence-corrected chi connectivity index (χ4v) is 1.96. The van der Waals surface area contributed by atoms with Gasteiger partial charge in [0.1, 0.15) is 12.0 Å². The van der Waals surface area contributed by atoms with Crippen LogP contribution in [0.2, 0.25) is 0 Å². The zero-order valence-corrected chi connectivity index (χ0v) is 8.83. The van der Waals surface area contributed by atoms with Crippen molar-refractivity contribution in [2.45, 2.75) is 25.7 Å². The van der Waals surface area contributed by atoms with E-state index in [0.29, 0.717) is 19.3 Å². The summed E-state index contributed by atoms with van der Waals surface area (Å²) in [6.07, 6.45) is 5.29. The molecule has 1 fully saturated rings. The van der Waals surface area contributed by atoms with Crippen LogP contribution in [-0.2, 0) is 14.3 Å². The fraction of sp³-hybridized carbons (Fsp3) is 0.500. The van der Waals surface area contributed by atoms with Crippen LogP contribution in [0.4, 0.5) is 0 Å². The smallest absolute Gasteiger partial charge is 0.320 e. The predicted octanol–water partition coefficient (Wildman–Crippen LogP) is 2.03. The van der Waals surface area contributed by atoms with Gasteiger partial charge in [0.15, 0.2) is 5.78 Å². The quantitative estimate of drug-likeness (QED) is 0.394. The second kappa shape index (κ2) is 4.91. The minimum absolute atomic E-state index is 0.0172. The minimum Gasteiger partial charge on any atom is -0.461 e. The molecular weight excluding hydrogens is 192 g/mol. The van der Waals surface area contributed by atoms with Crippen molar-refractivity contribution in [2.75, 3.05) is 6.61 Å². The molecule has 0 N–H and O–H groups in total. The van der Waals surface area contributed by atoms with Crippen molar-refractivity contribution in [3.8, 4) is 0 Å². The first kappa shape index (κ1) is 11.7. The van der Waals surface area contributed by atoms with Crippen molar-refractivity contribution >= 4 is 11.8 Å². The van der Waals surface area contributed by atoms with E-state index in [1.807, 2.05) is 0 Å². The normalized spacial score (nSPS) is 24.9. The standard InChI is InChI=1S/C12H16O3/c1-3-7-12(8-5-6-10(12)13)11(14)15-9-4-2/h3-4H,1-2,5-9H2/t12-/m0/s1. The first-order valence-corrected chi connectivity index (χ1v) is 5.09. The van der Waals surface area contributed by atoms with Gasteiger partial charge in [-0.05, 0) is 19.3 Å². The maximum Gasteiger partial charge on any atom is 0.320 e. The van der Waals surface area contributed by atoms with Gasteiger partial charge >= 0.3 is 5.97 Å². The molecular formula is C12H16O3. The maximum absolute atomic E-state index is 11.8. The van der Waals surface area contributed by atoms with Crippen LogP contribution >= 0.6 is 0 Å². The first-order chi connectivity index (χ1) is 7.17. The summed E-state index contributed by atoms with van der Waals surface area (Å²) in [5.41, 5.74) is -0.954. The summed E-state index contributed by atoms with van der Waals surface area (Å²) in [6.45, 7) is 7.21. The SMILES string of the molecule is C=CCOC(=O)[C@@]1(CC=C)CCCC1=O. The highest BCUT2D eigenvalue weighted by atomic mass is 16.5. The Kier molecular flexibility index (Phi) is 3.83. The molecule has 0 heterocycles. The average molecular weight is 208 g/mol. The molecule has 3 heteroatoms. The van der Waals surface area contributed by atoms with Gasteiger partial charge < -0.3 is 4.74 Å². The summed E-state index contributed by atoms with van der Waals surface area (Å²) in [6, 6.07) is 0. The Morgan fingerprint density at radius 2 is 2.20 bits per heavy atom. The highest BCUT2D eigenvalue weighted by molar-refractivity contribution is 6.05. The van der Waals surface area contributed by atoms with Crippen LogP contribution in [0.15, 0.2) is 25.3 Å². The minimum atomic E-state index is -0.954. The van der Waals surface area contributed by atoms with Crippen LogP contribution < -0.4 is 0 Å². The van der Waals surface area contributed by atoms with Crippen LogP contribution in [0.1, 0.15) is 25.7 Å². The molecule has 1 atom stereocenters. The van der Waals surface area contributed by atoms with E-state index in [1.54, 1.807) is 6.08 Å². The number of esters is 1. The number of hydrogen-bond donors (Lipinski definition) is 0. The zero-order chi connectivity index (χ0) is 11.3. The summed E-state index contributed by atoms with van der Waals surface area (Å²) in [7, 11) is 0. The van der Waals surface area contributed by atoms with E-state index in [1.165, 1.54) is 6.08 Å². The molecule has 0 aromatic rings. The Morgan fingerprint density at radius 1 is 1.47 bits per heavy atom. The topological polar surface area (TPSA) is 43.4 Å². The van der Waals surface area contributed by atoms with Crippen molar-refractivity contribution in [2.24, 2.45) is 5.41 Å². The maximum atomic E-state index is 11.8. The molecule has 0 amide bonds. The van der Waals surface area contributed by atoms with Gasteiger partial charge in [0.2, 0.25) is 0 Å². The molecule has 0 aliphatic heterocycles. The number of carbonyl (C=O) groups is 2. The van der Waals surface area contributed by atoms with Crippen LogP contribution in [0, 0.1) is 5.41 Å². The molecule has 1 aliphatic carbocycles. The number of carbonyl (C=O) groups excluding carboxylic acids is 2. The van der Waals surface area contributed by atoms with E-state index in [0.717, 1.165) is 6.42 Å². The van der Waals surface area contributed by atoms with Gasteiger partial charge in [-0.25, -0.2) is 0 Å². The van der Waals surface area contributed by atoms with Gasteiger partial charge in [-0.2, -0.15) is 0 Å². The Balaban J connectivity index is 2.80. The van der Waals surface area contributed by atoms with E-state index in [2.05, 4.69) is 13.2 Å². The van der Waals surface area contributed by atoms with Gasteiger partial charge in [-0.3, -0.25) is 9.59 Å². The largest absolute Gasteiger partial charge is 0.461 e. The lowest BCUT2D eigenvalue weighted by atomic mass is 9.82. The number of allylic oxidation sites excluding steroid dienone is 1. The Bertz CT molecular complexity index is 293. The lowest BCUT2D eigenvalue weighted by Crippen LogP contribution is -2.36.